The van der Waals surface area contributed by atoms with E-state index >= 15 is 0 Å². The lowest BCUT2D eigenvalue weighted by molar-refractivity contribution is 0.0639. The maximum Gasteiger partial charge on any atom is 0.243 e. The van der Waals surface area contributed by atoms with Gasteiger partial charge in [0.05, 0.1) is 16.2 Å². The van der Waals surface area contributed by atoms with Crippen molar-refractivity contribution in [2.45, 2.75) is 38.2 Å². The summed E-state index contributed by atoms with van der Waals surface area (Å²) in [6.45, 7) is 5.93. The molecule has 0 aliphatic carbocycles. The van der Waals surface area contributed by atoms with Crippen molar-refractivity contribution in [2.75, 3.05) is 19.3 Å². The highest BCUT2D eigenvalue weighted by atomic mass is 32.2. The Morgan fingerprint density at radius 1 is 1.40 bits per heavy atom. The Balaban J connectivity index is 3.41. The van der Waals surface area contributed by atoms with E-state index in [1.165, 1.54) is 34.7 Å². The third-order valence-electron chi connectivity index (χ3n) is 2.98. The summed E-state index contributed by atoms with van der Waals surface area (Å²) in [5, 5.41) is 9.74. The molecule has 1 aromatic carbocycles. The van der Waals surface area contributed by atoms with Crippen LogP contribution in [0, 0.1) is 19.7 Å². The molecule has 0 saturated carbocycles. The molecule has 20 heavy (non-hydrogen) atoms. The highest BCUT2D eigenvalue weighted by Gasteiger charge is 2.30. The molecule has 0 saturated heterocycles. The predicted octanol–water partition coefficient (Wildman–Crippen LogP) is 1.42. The summed E-state index contributed by atoms with van der Waals surface area (Å²) in [5.41, 5.74) is 4.70. The molecule has 1 aromatic rings. The van der Waals surface area contributed by atoms with Crippen molar-refractivity contribution in [1.29, 1.82) is 0 Å². The normalized spacial score (nSPS) is 13.0. The number of sulfonamides is 1. The lowest BCUT2D eigenvalue weighted by atomic mass is 10.1. The Morgan fingerprint density at radius 3 is 2.35 bits per heavy atom. The fourth-order valence-corrected chi connectivity index (χ4v) is 3.87. The van der Waals surface area contributed by atoms with Gasteiger partial charge in [0, 0.05) is 13.6 Å². The summed E-state index contributed by atoms with van der Waals surface area (Å²) in [5.74, 6) is -0.635. The summed E-state index contributed by atoms with van der Waals surface area (Å²) in [6, 6.07) is 1.10. The minimum atomic E-state index is -3.85. The van der Waals surface area contributed by atoms with Gasteiger partial charge in [0.2, 0.25) is 10.0 Å². The van der Waals surface area contributed by atoms with E-state index in [0.717, 1.165) is 10.4 Å². The van der Waals surface area contributed by atoms with E-state index in [1.54, 1.807) is 0 Å². The van der Waals surface area contributed by atoms with Gasteiger partial charge in [0.15, 0.2) is 0 Å². The van der Waals surface area contributed by atoms with Crippen LogP contribution < -0.4 is 5.73 Å². The van der Waals surface area contributed by atoms with Gasteiger partial charge >= 0.3 is 0 Å². The number of rotatable bonds is 4. The van der Waals surface area contributed by atoms with E-state index < -0.39 is 21.4 Å². The van der Waals surface area contributed by atoms with Crippen LogP contribution in [-0.2, 0) is 10.0 Å². The first kappa shape index (κ1) is 16.9. The van der Waals surface area contributed by atoms with Gasteiger partial charge < -0.3 is 10.8 Å². The van der Waals surface area contributed by atoms with Gasteiger partial charge in [-0.05, 0) is 44.9 Å². The standard InChI is InChI=1S/C13H21FN2O3S/c1-8-6-10(14)11(15)9(2)12(8)20(18,19)16(5)7-13(3,4)17/h6,17H,7,15H2,1-5H3. The van der Waals surface area contributed by atoms with E-state index in [1.807, 2.05) is 0 Å². The van der Waals surface area contributed by atoms with Crippen molar-refractivity contribution < 1.29 is 17.9 Å². The molecule has 114 valence electrons. The summed E-state index contributed by atoms with van der Waals surface area (Å²) in [4.78, 5) is -0.0110. The van der Waals surface area contributed by atoms with Gasteiger partial charge in [-0.1, -0.05) is 0 Å². The van der Waals surface area contributed by atoms with Gasteiger partial charge in [0.1, 0.15) is 5.82 Å². The highest BCUT2D eigenvalue weighted by molar-refractivity contribution is 7.89. The van der Waals surface area contributed by atoms with Crippen LogP contribution in [0.25, 0.3) is 0 Å². The molecule has 3 N–H and O–H groups in total. The van der Waals surface area contributed by atoms with Gasteiger partial charge in [-0.25, -0.2) is 12.8 Å². The SMILES string of the molecule is Cc1cc(F)c(N)c(C)c1S(=O)(=O)N(C)CC(C)(C)O. The lowest BCUT2D eigenvalue weighted by Crippen LogP contribution is -2.40. The Bertz CT molecular complexity index is 621. The topological polar surface area (TPSA) is 83.6 Å². The first-order valence-corrected chi connectivity index (χ1v) is 7.56. The fraction of sp³-hybridized carbons (Fsp3) is 0.538. The average molecular weight is 304 g/mol. The Kier molecular flexibility index (Phi) is 4.48. The van der Waals surface area contributed by atoms with E-state index in [0.29, 0.717) is 0 Å². The van der Waals surface area contributed by atoms with E-state index in [9.17, 15) is 17.9 Å². The number of aryl methyl sites for hydroxylation is 1. The maximum atomic E-state index is 13.5. The second-order valence-corrected chi connectivity index (χ2v) is 7.60. The number of nitrogens with zero attached hydrogens (tertiary/aromatic N) is 1. The Hall–Kier alpha value is -1.18. The van der Waals surface area contributed by atoms with Crippen molar-refractivity contribution >= 4 is 15.7 Å². The zero-order valence-electron chi connectivity index (χ0n) is 12.4. The van der Waals surface area contributed by atoms with Crippen LogP contribution in [0.4, 0.5) is 10.1 Å². The fourth-order valence-electron chi connectivity index (χ4n) is 2.11. The molecule has 0 aromatic heterocycles. The summed E-state index contributed by atoms with van der Waals surface area (Å²) in [7, 11) is -2.48. The van der Waals surface area contributed by atoms with Crippen LogP contribution in [0.1, 0.15) is 25.0 Å². The van der Waals surface area contributed by atoms with E-state index in [4.69, 9.17) is 5.73 Å². The average Bonchev–Trinajstić information content (AvgIpc) is 2.23. The van der Waals surface area contributed by atoms with Gasteiger partial charge in [0.25, 0.3) is 0 Å². The van der Waals surface area contributed by atoms with Crippen LogP contribution in [0.2, 0.25) is 0 Å². The number of nitrogens with two attached hydrogens (primary N) is 1. The molecule has 5 nitrogen and oxygen atoms in total. The Morgan fingerprint density at radius 2 is 1.90 bits per heavy atom. The van der Waals surface area contributed by atoms with Crippen LogP contribution in [0.5, 0.6) is 0 Å². The second-order valence-electron chi connectivity index (χ2n) is 5.62. The van der Waals surface area contributed by atoms with E-state index in [-0.39, 0.29) is 28.3 Å². The molecule has 1 rings (SSSR count). The molecular weight excluding hydrogens is 283 g/mol. The Labute approximate surface area is 119 Å². The molecule has 0 aliphatic heterocycles. The quantitative estimate of drug-likeness (QED) is 0.824. The maximum absolute atomic E-state index is 13.5. The van der Waals surface area contributed by atoms with Crippen LogP contribution in [0.15, 0.2) is 11.0 Å². The number of hydrogen-bond acceptors (Lipinski definition) is 4. The molecule has 0 atom stereocenters. The highest BCUT2D eigenvalue weighted by Crippen LogP contribution is 2.29. The summed E-state index contributed by atoms with van der Waals surface area (Å²) in [6.07, 6.45) is 0. The van der Waals surface area contributed by atoms with E-state index in [2.05, 4.69) is 0 Å². The van der Waals surface area contributed by atoms with Crippen molar-refractivity contribution in [3.8, 4) is 0 Å². The monoisotopic (exact) mass is 304 g/mol. The molecule has 0 unspecified atom stereocenters. The summed E-state index contributed by atoms with van der Waals surface area (Å²) < 4.78 is 39.7. The minimum absolute atomic E-state index is 0.0110. The number of anilines is 1. The molecule has 0 spiro atoms. The first-order valence-electron chi connectivity index (χ1n) is 6.12. The van der Waals surface area contributed by atoms with Crippen LogP contribution in [0.3, 0.4) is 0 Å². The minimum Gasteiger partial charge on any atom is -0.396 e. The predicted molar refractivity (Wildman–Crippen MR) is 76.4 cm³/mol. The molecule has 0 fully saturated rings. The number of nitrogen functional groups attached to an aromatic ring is 1. The smallest absolute Gasteiger partial charge is 0.243 e. The number of halogens is 1. The summed E-state index contributed by atoms with van der Waals surface area (Å²) >= 11 is 0. The molecule has 7 heteroatoms. The number of aliphatic hydroxyl groups is 1. The lowest BCUT2D eigenvalue weighted by Gasteiger charge is -2.26. The molecular formula is C13H21FN2O3S. The van der Waals surface area contributed by atoms with Gasteiger partial charge in [-0.3, -0.25) is 0 Å². The van der Waals surface area contributed by atoms with Crippen LogP contribution >= 0.6 is 0 Å². The third-order valence-corrected chi connectivity index (χ3v) is 5.07. The molecule has 0 amide bonds. The first-order chi connectivity index (χ1) is 8.88. The number of likely N-dealkylation sites (N-methyl/N-ethyl adjacent to an activating group) is 1. The largest absolute Gasteiger partial charge is 0.396 e. The zero-order chi connectivity index (χ0) is 15.9. The van der Waals surface area contributed by atoms with Gasteiger partial charge in [-0.2, -0.15) is 4.31 Å². The third kappa shape index (κ3) is 3.28. The van der Waals surface area contributed by atoms with Crippen molar-refractivity contribution in [1.82, 2.24) is 4.31 Å². The van der Waals surface area contributed by atoms with Crippen molar-refractivity contribution in [3.05, 3.63) is 23.0 Å². The van der Waals surface area contributed by atoms with Crippen molar-refractivity contribution in [3.63, 3.8) is 0 Å². The molecule has 0 heterocycles. The van der Waals surface area contributed by atoms with Crippen molar-refractivity contribution in [2.24, 2.45) is 0 Å². The molecule has 0 radical (unpaired) electrons. The molecule has 0 bridgehead atoms. The number of benzene rings is 1. The van der Waals surface area contributed by atoms with Gasteiger partial charge in [-0.15, -0.1) is 0 Å². The number of hydrogen-bond donors (Lipinski definition) is 2. The zero-order valence-corrected chi connectivity index (χ0v) is 13.2. The second kappa shape index (κ2) is 5.31. The van der Waals surface area contributed by atoms with Crippen LogP contribution in [-0.4, -0.2) is 37.0 Å². The molecule has 0 aliphatic rings.